The fourth-order valence-electron chi connectivity index (χ4n) is 2.88. The topological polar surface area (TPSA) is 71.1 Å². The Bertz CT molecular complexity index is 1150. The molecule has 3 aromatic carbocycles. The summed E-state index contributed by atoms with van der Waals surface area (Å²) in [5.41, 5.74) is 1.03. The Labute approximate surface area is 184 Å². The number of carbonyl (C=O) groups is 2. The number of carbonyl (C=O) groups excluding carboxylic acids is 2. The lowest BCUT2D eigenvalue weighted by Crippen LogP contribution is -2.11. The number of hydrogen-bond acceptors (Lipinski definition) is 6. The molecule has 0 aliphatic rings. The molecule has 0 amide bonds. The molecule has 0 heterocycles. The van der Waals surface area contributed by atoms with E-state index in [1.54, 1.807) is 30.3 Å². The van der Waals surface area contributed by atoms with Crippen molar-refractivity contribution in [3.63, 3.8) is 0 Å². The minimum absolute atomic E-state index is 0.0284. The normalized spacial score (nSPS) is 10.6. The van der Waals surface area contributed by atoms with Crippen LogP contribution in [0.4, 0.5) is 4.39 Å². The Morgan fingerprint density at radius 3 is 2.16 bits per heavy atom. The molecule has 164 valence electrons. The smallest absolute Gasteiger partial charge is 0.343 e. The van der Waals surface area contributed by atoms with Crippen LogP contribution >= 0.6 is 0 Å². The number of methoxy groups -OCH3 is 3. The van der Waals surface area contributed by atoms with Crippen molar-refractivity contribution in [3.8, 4) is 23.0 Å². The van der Waals surface area contributed by atoms with Gasteiger partial charge in [0.25, 0.3) is 0 Å². The predicted octanol–water partition coefficient (Wildman–Crippen LogP) is 4.97. The monoisotopic (exact) mass is 436 g/mol. The Morgan fingerprint density at radius 2 is 1.50 bits per heavy atom. The molecule has 0 aliphatic carbocycles. The van der Waals surface area contributed by atoms with Crippen molar-refractivity contribution in [3.05, 3.63) is 89.2 Å². The SMILES string of the molecule is COc1ccc(C(=O)C=Cc2ccc(OC)c(OC)c2)c(OC(=O)c2ccc(F)cc2)c1. The van der Waals surface area contributed by atoms with E-state index in [-0.39, 0.29) is 22.7 Å². The van der Waals surface area contributed by atoms with E-state index in [0.29, 0.717) is 17.2 Å². The molecule has 0 bridgehead atoms. The van der Waals surface area contributed by atoms with Crippen LogP contribution in [0, 0.1) is 5.82 Å². The molecule has 6 nitrogen and oxygen atoms in total. The highest BCUT2D eigenvalue weighted by atomic mass is 19.1. The highest BCUT2D eigenvalue weighted by Crippen LogP contribution is 2.29. The van der Waals surface area contributed by atoms with Gasteiger partial charge in [-0.15, -0.1) is 0 Å². The number of benzene rings is 3. The zero-order valence-electron chi connectivity index (χ0n) is 17.8. The number of ether oxygens (including phenoxy) is 4. The molecule has 0 N–H and O–H groups in total. The van der Waals surface area contributed by atoms with Gasteiger partial charge in [0.15, 0.2) is 17.3 Å². The highest BCUT2D eigenvalue weighted by molar-refractivity contribution is 6.09. The first-order chi connectivity index (χ1) is 15.4. The van der Waals surface area contributed by atoms with Gasteiger partial charge in [-0.1, -0.05) is 12.1 Å². The lowest BCUT2D eigenvalue weighted by atomic mass is 10.1. The second-order valence-corrected chi connectivity index (χ2v) is 6.57. The van der Waals surface area contributed by atoms with Gasteiger partial charge in [0.2, 0.25) is 0 Å². The molecule has 3 aromatic rings. The molecule has 3 rings (SSSR count). The van der Waals surface area contributed by atoms with Gasteiger partial charge in [0.1, 0.15) is 17.3 Å². The second-order valence-electron chi connectivity index (χ2n) is 6.57. The average molecular weight is 436 g/mol. The third kappa shape index (κ3) is 5.31. The molecule has 7 heteroatoms. The maximum Gasteiger partial charge on any atom is 0.343 e. The molecule has 0 saturated heterocycles. The number of allylic oxidation sites excluding steroid dienone is 1. The average Bonchev–Trinajstić information content (AvgIpc) is 2.82. The van der Waals surface area contributed by atoms with E-state index in [2.05, 4.69) is 0 Å². The Hall–Kier alpha value is -4.13. The third-order valence-electron chi connectivity index (χ3n) is 4.57. The van der Waals surface area contributed by atoms with Crippen LogP contribution in [-0.4, -0.2) is 33.1 Å². The lowest BCUT2D eigenvalue weighted by Gasteiger charge is -2.10. The maximum atomic E-state index is 13.1. The summed E-state index contributed by atoms with van der Waals surface area (Å²) in [6.45, 7) is 0. The second kappa shape index (κ2) is 10.3. The Morgan fingerprint density at radius 1 is 0.781 bits per heavy atom. The van der Waals surface area contributed by atoms with E-state index in [4.69, 9.17) is 18.9 Å². The van der Waals surface area contributed by atoms with Crippen molar-refractivity contribution in [2.24, 2.45) is 0 Å². The number of halogens is 1. The Kier molecular flexibility index (Phi) is 7.23. The van der Waals surface area contributed by atoms with Gasteiger partial charge in [-0.3, -0.25) is 4.79 Å². The van der Waals surface area contributed by atoms with E-state index < -0.39 is 11.8 Å². The number of hydrogen-bond donors (Lipinski definition) is 0. The summed E-state index contributed by atoms with van der Waals surface area (Å²) in [5, 5.41) is 0. The summed E-state index contributed by atoms with van der Waals surface area (Å²) in [6.07, 6.45) is 2.97. The van der Waals surface area contributed by atoms with Crippen molar-refractivity contribution in [1.82, 2.24) is 0 Å². The van der Waals surface area contributed by atoms with Gasteiger partial charge >= 0.3 is 5.97 Å². The van der Waals surface area contributed by atoms with Crippen LogP contribution in [0.5, 0.6) is 23.0 Å². The third-order valence-corrected chi connectivity index (χ3v) is 4.57. The summed E-state index contributed by atoms with van der Waals surface area (Å²) >= 11 is 0. The van der Waals surface area contributed by atoms with E-state index in [1.807, 2.05) is 0 Å². The summed E-state index contributed by atoms with van der Waals surface area (Å²) in [7, 11) is 4.52. The first-order valence-electron chi connectivity index (χ1n) is 9.55. The highest BCUT2D eigenvalue weighted by Gasteiger charge is 2.17. The largest absolute Gasteiger partial charge is 0.497 e. The van der Waals surface area contributed by atoms with E-state index in [1.165, 1.54) is 51.7 Å². The first-order valence-corrected chi connectivity index (χ1v) is 9.55. The van der Waals surface area contributed by atoms with Crippen molar-refractivity contribution < 1.29 is 32.9 Å². The van der Waals surface area contributed by atoms with Crippen LogP contribution in [0.2, 0.25) is 0 Å². The summed E-state index contributed by atoms with van der Waals surface area (Å²) in [6, 6.07) is 14.7. The van der Waals surface area contributed by atoms with Crippen molar-refractivity contribution in [1.29, 1.82) is 0 Å². The van der Waals surface area contributed by atoms with Crippen molar-refractivity contribution in [2.75, 3.05) is 21.3 Å². The van der Waals surface area contributed by atoms with Crippen LogP contribution in [0.1, 0.15) is 26.3 Å². The van der Waals surface area contributed by atoms with E-state index in [0.717, 1.165) is 17.7 Å². The molecule has 0 aromatic heterocycles. The van der Waals surface area contributed by atoms with Crippen LogP contribution in [0.15, 0.2) is 66.7 Å². The number of ketones is 1. The Balaban J connectivity index is 1.86. The van der Waals surface area contributed by atoms with E-state index in [9.17, 15) is 14.0 Å². The lowest BCUT2D eigenvalue weighted by molar-refractivity contribution is 0.0732. The van der Waals surface area contributed by atoms with Gasteiger partial charge in [0, 0.05) is 6.07 Å². The van der Waals surface area contributed by atoms with Gasteiger partial charge in [-0.25, -0.2) is 9.18 Å². The predicted molar refractivity (Wildman–Crippen MR) is 117 cm³/mol. The van der Waals surface area contributed by atoms with Crippen LogP contribution < -0.4 is 18.9 Å². The van der Waals surface area contributed by atoms with Crippen molar-refractivity contribution in [2.45, 2.75) is 0 Å². The molecule has 0 fully saturated rings. The molecular weight excluding hydrogens is 415 g/mol. The molecule has 32 heavy (non-hydrogen) atoms. The zero-order valence-corrected chi connectivity index (χ0v) is 17.8. The molecule has 0 radical (unpaired) electrons. The van der Waals surface area contributed by atoms with Gasteiger partial charge in [-0.05, 0) is 60.2 Å². The van der Waals surface area contributed by atoms with Crippen LogP contribution in [-0.2, 0) is 0 Å². The molecular formula is C25H21FO6. The molecule has 0 unspecified atom stereocenters. The van der Waals surface area contributed by atoms with Crippen LogP contribution in [0.3, 0.4) is 0 Å². The summed E-state index contributed by atoms with van der Waals surface area (Å²) < 4.78 is 34.2. The van der Waals surface area contributed by atoms with Crippen molar-refractivity contribution >= 4 is 17.8 Å². The summed E-state index contributed by atoms with van der Waals surface area (Å²) in [4.78, 5) is 25.3. The molecule has 0 aliphatic heterocycles. The van der Waals surface area contributed by atoms with E-state index >= 15 is 0 Å². The number of rotatable bonds is 8. The zero-order chi connectivity index (χ0) is 23.1. The first kappa shape index (κ1) is 22.6. The fraction of sp³-hybridized carbons (Fsp3) is 0.120. The fourth-order valence-corrected chi connectivity index (χ4v) is 2.88. The molecule has 0 spiro atoms. The van der Waals surface area contributed by atoms with Gasteiger partial charge < -0.3 is 18.9 Å². The standard InChI is InChI=1S/C25H21FO6/c1-29-19-10-11-20(23(15-19)32-25(28)17-6-8-18(26)9-7-17)21(27)12-4-16-5-13-22(30-2)24(14-16)31-3/h4-15H,1-3H3. The molecule has 0 saturated carbocycles. The molecule has 0 atom stereocenters. The number of esters is 1. The van der Waals surface area contributed by atoms with Gasteiger partial charge in [-0.2, -0.15) is 0 Å². The van der Waals surface area contributed by atoms with Crippen LogP contribution in [0.25, 0.3) is 6.08 Å². The maximum absolute atomic E-state index is 13.1. The minimum Gasteiger partial charge on any atom is -0.497 e. The quantitative estimate of drug-likeness (QED) is 0.215. The summed E-state index contributed by atoms with van der Waals surface area (Å²) in [5.74, 6) is -0.0471. The van der Waals surface area contributed by atoms with Gasteiger partial charge in [0.05, 0.1) is 32.5 Å². The minimum atomic E-state index is -0.726.